The van der Waals surface area contributed by atoms with E-state index in [0.29, 0.717) is 16.5 Å². The van der Waals surface area contributed by atoms with Crippen LogP contribution in [0.3, 0.4) is 0 Å². The largest absolute Gasteiger partial charge is 0.495 e. The van der Waals surface area contributed by atoms with E-state index in [1.54, 1.807) is 31.4 Å². The van der Waals surface area contributed by atoms with Crippen LogP contribution in [-0.4, -0.2) is 22.4 Å². The highest BCUT2D eigenvalue weighted by molar-refractivity contribution is 6.32. The number of nitrogens with one attached hydrogen (secondary N) is 1. The van der Waals surface area contributed by atoms with Crippen molar-refractivity contribution in [2.75, 3.05) is 12.4 Å². The Morgan fingerprint density at radius 2 is 1.84 bits per heavy atom. The van der Waals surface area contributed by atoms with Crippen LogP contribution in [0.1, 0.15) is 16.8 Å². The van der Waals surface area contributed by atoms with Crippen LogP contribution in [0.2, 0.25) is 5.02 Å². The molecular weight excluding hydrogens is 410 g/mol. The molecule has 4 rings (SSSR count). The summed E-state index contributed by atoms with van der Waals surface area (Å²) in [6.07, 6.45) is 5.25. The number of carbonyl (C=O) groups excluding carboxylic acids is 1. The molecule has 0 unspecified atom stereocenters. The highest BCUT2D eigenvalue weighted by atomic mass is 35.5. The second-order valence-electron chi connectivity index (χ2n) is 7.32. The van der Waals surface area contributed by atoms with Crippen molar-refractivity contribution in [3.05, 3.63) is 88.7 Å². The smallest absolute Gasteiger partial charge is 0.248 e. The minimum Gasteiger partial charge on any atom is -0.495 e. The Kier molecular flexibility index (Phi) is 5.78. The second-order valence-corrected chi connectivity index (χ2v) is 7.72. The topological polar surface area (TPSA) is 55.6 Å². The van der Waals surface area contributed by atoms with Gasteiger partial charge in [0.2, 0.25) is 5.91 Å². The molecule has 0 radical (unpaired) electrons. The van der Waals surface area contributed by atoms with Crippen molar-refractivity contribution in [1.29, 1.82) is 0 Å². The first-order valence-corrected chi connectivity index (χ1v) is 10.2. The van der Waals surface area contributed by atoms with Gasteiger partial charge in [0.15, 0.2) is 0 Å². The molecule has 31 heavy (non-hydrogen) atoms. The van der Waals surface area contributed by atoms with Gasteiger partial charge in [-0.05, 0) is 55.8 Å². The molecule has 0 saturated carbocycles. The maximum absolute atomic E-state index is 12.6. The van der Waals surface area contributed by atoms with E-state index in [4.69, 9.17) is 21.3 Å². The average molecular weight is 432 g/mol. The number of anilines is 1. The molecular formula is C25H22ClN3O2. The Morgan fingerprint density at radius 3 is 2.55 bits per heavy atom. The minimum absolute atomic E-state index is 0.266. The Balaban J connectivity index is 1.67. The van der Waals surface area contributed by atoms with E-state index in [1.807, 2.05) is 48.7 Å². The number of pyridine rings is 1. The van der Waals surface area contributed by atoms with Gasteiger partial charge in [0, 0.05) is 23.5 Å². The van der Waals surface area contributed by atoms with E-state index in [1.165, 1.54) is 11.6 Å². The van der Waals surface area contributed by atoms with Gasteiger partial charge in [-0.25, -0.2) is 4.98 Å². The first kappa shape index (κ1) is 20.7. The van der Waals surface area contributed by atoms with Crippen molar-refractivity contribution < 1.29 is 9.53 Å². The number of nitrogens with zero attached hydrogens (tertiary/aromatic N) is 2. The Bertz CT molecular complexity index is 1290. The van der Waals surface area contributed by atoms with E-state index < -0.39 is 0 Å². The SMILES string of the molecule is COc1ccc(NC(=O)/C=C/c2c(-c3ccc(C)cc3)nc3cc(C)ccn23)cc1Cl. The lowest BCUT2D eigenvalue weighted by Gasteiger charge is -2.06. The third-order valence-electron chi connectivity index (χ3n) is 4.96. The number of hydrogen-bond donors (Lipinski definition) is 1. The monoisotopic (exact) mass is 431 g/mol. The zero-order valence-corrected chi connectivity index (χ0v) is 18.3. The maximum atomic E-state index is 12.6. The molecule has 0 aliphatic carbocycles. The van der Waals surface area contributed by atoms with E-state index in [9.17, 15) is 4.79 Å². The minimum atomic E-state index is -0.266. The number of benzene rings is 2. The number of halogens is 1. The maximum Gasteiger partial charge on any atom is 0.248 e. The molecule has 0 aliphatic rings. The number of ether oxygens (including phenoxy) is 1. The van der Waals surface area contributed by atoms with Gasteiger partial charge in [0.05, 0.1) is 23.5 Å². The summed E-state index contributed by atoms with van der Waals surface area (Å²) in [6.45, 7) is 4.08. The molecule has 156 valence electrons. The number of hydrogen-bond acceptors (Lipinski definition) is 3. The number of fused-ring (bicyclic) bond motifs is 1. The number of methoxy groups -OCH3 is 1. The number of imidazole rings is 1. The van der Waals surface area contributed by atoms with Gasteiger partial charge in [-0.1, -0.05) is 41.4 Å². The van der Waals surface area contributed by atoms with Crippen LogP contribution in [0.25, 0.3) is 23.0 Å². The van der Waals surface area contributed by atoms with Crippen molar-refractivity contribution in [3.8, 4) is 17.0 Å². The highest BCUT2D eigenvalue weighted by Crippen LogP contribution is 2.28. The van der Waals surface area contributed by atoms with E-state index in [-0.39, 0.29) is 5.91 Å². The number of aryl methyl sites for hydroxylation is 2. The molecule has 0 fully saturated rings. The first-order valence-electron chi connectivity index (χ1n) is 9.83. The van der Waals surface area contributed by atoms with Gasteiger partial charge < -0.3 is 10.1 Å². The van der Waals surface area contributed by atoms with Crippen molar-refractivity contribution in [1.82, 2.24) is 9.38 Å². The molecule has 2 heterocycles. The van der Waals surface area contributed by atoms with E-state index in [2.05, 4.69) is 17.4 Å². The van der Waals surface area contributed by atoms with Crippen LogP contribution in [-0.2, 0) is 4.79 Å². The number of aromatic nitrogens is 2. The van der Waals surface area contributed by atoms with Crippen molar-refractivity contribution in [3.63, 3.8) is 0 Å². The Hall–Kier alpha value is -3.57. The zero-order chi connectivity index (χ0) is 22.0. The molecule has 6 heteroatoms. The molecule has 2 aromatic heterocycles. The summed E-state index contributed by atoms with van der Waals surface area (Å²) < 4.78 is 7.13. The van der Waals surface area contributed by atoms with E-state index >= 15 is 0 Å². The number of amides is 1. The van der Waals surface area contributed by atoms with Crippen molar-refractivity contribution in [2.24, 2.45) is 0 Å². The van der Waals surface area contributed by atoms with Gasteiger partial charge >= 0.3 is 0 Å². The summed E-state index contributed by atoms with van der Waals surface area (Å²) >= 11 is 6.14. The summed E-state index contributed by atoms with van der Waals surface area (Å²) in [6, 6.07) is 17.3. The van der Waals surface area contributed by atoms with Crippen LogP contribution in [0.15, 0.2) is 66.9 Å². The predicted molar refractivity (Wildman–Crippen MR) is 126 cm³/mol. The van der Waals surface area contributed by atoms with Crippen LogP contribution in [0, 0.1) is 13.8 Å². The fourth-order valence-corrected chi connectivity index (χ4v) is 3.59. The molecule has 2 aromatic carbocycles. The summed E-state index contributed by atoms with van der Waals surface area (Å²) in [5.41, 5.74) is 6.37. The van der Waals surface area contributed by atoms with Crippen LogP contribution < -0.4 is 10.1 Å². The lowest BCUT2D eigenvalue weighted by Crippen LogP contribution is -2.07. The first-order chi connectivity index (χ1) is 14.9. The normalized spacial score (nSPS) is 11.2. The Morgan fingerprint density at radius 1 is 1.06 bits per heavy atom. The molecule has 1 amide bonds. The van der Waals surface area contributed by atoms with E-state index in [0.717, 1.165) is 28.2 Å². The molecule has 5 nitrogen and oxygen atoms in total. The fraction of sp³-hybridized carbons (Fsp3) is 0.120. The van der Waals surface area contributed by atoms with Gasteiger partial charge in [-0.3, -0.25) is 9.20 Å². The fourth-order valence-electron chi connectivity index (χ4n) is 3.33. The van der Waals surface area contributed by atoms with Crippen LogP contribution >= 0.6 is 11.6 Å². The Labute approximate surface area is 186 Å². The standard InChI is InChI=1S/C25H22ClN3O2/c1-16-4-6-18(7-5-16)25-21(29-13-12-17(2)14-23(29)28-25)9-11-24(30)27-19-8-10-22(31-3)20(26)15-19/h4-15H,1-3H3,(H,27,30)/b11-9+. The average Bonchev–Trinajstić information content (AvgIpc) is 3.10. The van der Waals surface area contributed by atoms with Crippen molar-refractivity contribution in [2.45, 2.75) is 13.8 Å². The summed E-state index contributed by atoms with van der Waals surface area (Å²) in [7, 11) is 1.55. The lowest BCUT2D eigenvalue weighted by atomic mass is 10.1. The van der Waals surface area contributed by atoms with Crippen LogP contribution in [0.5, 0.6) is 5.75 Å². The van der Waals surface area contributed by atoms with Gasteiger partial charge in [-0.2, -0.15) is 0 Å². The molecule has 1 N–H and O–H groups in total. The quantitative estimate of drug-likeness (QED) is 0.398. The number of carbonyl (C=O) groups is 1. The molecule has 0 aliphatic heterocycles. The molecule has 0 bridgehead atoms. The zero-order valence-electron chi connectivity index (χ0n) is 17.5. The summed E-state index contributed by atoms with van der Waals surface area (Å²) in [4.78, 5) is 17.4. The summed E-state index contributed by atoms with van der Waals surface area (Å²) in [5.74, 6) is 0.289. The lowest BCUT2D eigenvalue weighted by molar-refractivity contribution is -0.111. The van der Waals surface area contributed by atoms with Gasteiger partial charge in [0.1, 0.15) is 11.4 Å². The molecule has 4 aromatic rings. The second kappa shape index (κ2) is 8.66. The molecule has 0 atom stereocenters. The summed E-state index contributed by atoms with van der Waals surface area (Å²) in [5, 5.41) is 3.26. The molecule has 0 spiro atoms. The third kappa shape index (κ3) is 4.47. The number of rotatable bonds is 5. The third-order valence-corrected chi connectivity index (χ3v) is 5.25. The van der Waals surface area contributed by atoms with Crippen LogP contribution in [0.4, 0.5) is 5.69 Å². The predicted octanol–water partition coefficient (Wildman–Crippen LogP) is 5.93. The highest BCUT2D eigenvalue weighted by Gasteiger charge is 2.13. The van der Waals surface area contributed by atoms with Gasteiger partial charge in [0.25, 0.3) is 0 Å². The van der Waals surface area contributed by atoms with Gasteiger partial charge in [-0.15, -0.1) is 0 Å². The molecule has 0 saturated heterocycles. The van der Waals surface area contributed by atoms with Crippen molar-refractivity contribution >= 4 is 34.9 Å².